The van der Waals surface area contributed by atoms with Gasteiger partial charge < -0.3 is 20.2 Å². The van der Waals surface area contributed by atoms with Gasteiger partial charge in [0.2, 0.25) is 11.8 Å². The van der Waals surface area contributed by atoms with Crippen molar-refractivity contribution < 1.29 is 19.1 Å². The van der Waals surface area contributed by atoms with Crippen molar-refractivity contribution in [2.24, 2.45) is 29.1 Å². The summed E-state index contributed by atoms with van der Waals surface area (Å²) in [5.74, 6) is 0.467. The van der Waals surface area contributed by atoms with Crippen LogP contribution >= 0.6 is 0 Å². The maximum Gasteiger partial charge on any atom is 0.224 e. The van der Waals surface area contributed by atoms with Crippen LogP contribution in [0.15, 0.2) is 53.1 Å². The number of nitrogens with one attached hydrogen (secondary N) is 2. The van der Waals surface area contributed by atoms with Gasteiger partial charge in [0.05, 0.1) is 25.3 Å². The van der Waals surface area contributed by atoms with E-state index in [1.807, 2.05) is 43.3 Å². The second-order valence-electron chi connectivity index (χ2n) is 10.7. The van der Waals surface area contributed by atoms with Gasteiger partial charge >= 0.3 is 0 Å². The molecule has 2 amide bonds. The van der Waals surface area contributed by atoms with Gasteiger partial charge in [-0.3, -0.25) is 9.59 Å². The highest BCUT2D eigenvalue weighted by Gasteiger charge is 2.53. The molecule has 2 aliphatic rings. The van der Waals surface area contributed by atoms with Gasteiger partial charge in [-0.05, 0) is 66.5 Å². The Labute approximate surface area is 202 Å². The highest BCUT2D eigenvalue weighted by molar-refractivity contribution is 5.79. The minimum Gasteiger partial charge on any atom is -0.467 e. The topological polar surface area (TPSA) is 91.6 Å². The van der Waals surface area contributed by atoms with Crippen molar-refractivity contribution in [3.8, 4) is 0 Å². The van der Waals surface area contributed by atoms with Crippen LogP contribution in [0.25, 0.3) is 0 Å². The van der Waals surface area contributed by atoms with Crippen molar-refractivity contribution in [3.63, 3.8) is 0 Å². The van der Waals surface area contributed by atoms with E-state index >= 15 is 0 Å². The lowest BCUT2D eigenvalue weighted by Gasteiger charge is -2.56. The van der Waals surface area contributed by atoms with Gasteiger partial charge in [-0.2, -0.15) is 0 Å². The molecule has 0 saturated heterocycles. The lowest BCUT2D eigenvalue weighted by molar-refractivity contribution is -0.143. The molecule has 3 N–H and O–H groups in total. The summed E-state index contributed by atoms with van der Waals surface area (Å²) in [4.78, 5) is 25.6. The second-order valence-corrected chi connectivity index (χ2v) is 10.7. The van der Waals surface area contributed by atoms with Crippen LogP contribution in [0.1, 0.15) is 57.8 Å². The summed E-state index contributed by atoms with van der Waals surface area (Å²) in [7, 11) is 0. The van der Waals surface area contributed by atoms with E-state index in [9.17, 15) is 14.7 Å². The summed E-state index contributed by atoms with van der Waals surface area (Å²) in [5, 5.41) is 17.8. The van der Waals surface area contributed by atoms with E-state index in [1.165, 1.54) is 0 Å². The fraction of sp³-hybridized carbons (Fsp3) is 0.571. The van der Waals surface area contributed by atoms with Crippen molar-refractivity contribution in [3.05, 3.63) is 60.1 Å². The maximum atomic E-state index is 12.9. The molecule has 184 valence electrons. The minimum atomic E-state index is -0.577. The zero-order valence-electron chi connectivity index (χ0n) is 20.5. The van der Waals surface area contributed by atoms with Crippen LogP contribution in [-0.2, 0) is 22.6 Å². The molecule has 2 aromatic rings. The van der Waals surface area contributed by atoms with Crippen LogP contribution in [0.5, 0.6) is 0 Å². The zero-order chi connectivity index (χ0) is 24.3. The number of carbonyl (C=O) groups excluding carboxylic acids is 2. The summed E-state index contributed by atoms with van der Waals surface area (Å²) in [6.07, 6.45) is 5.10. The van der Waals surface area contributed by atoms with E-state index < -0.39 is 6.10 Å². The van der Waals surface area contributed by atoms with Gasteiger partial charge in [0.1, 0.15) is 5.76 Å². The average molecular weight is 467 g/mol. The first-order chi connectivity index (χ1) is 16.3. The van der Waals surface area contributed by atoms with E-state index in [1.54, 1.807) is 12.3 Å². The largest absolute Gasteiger partial charge is 0.467 e. The van der Waals surface area contributed by atoms with E-state index in [-0.39, 0.29) is 46.9 Å². The molecular formula is C28H38N2O4. The Bertz CT molecular complexity index is 960. The molecule has 6 heteroatoms. The molecule has 0 spiro atoms. The van der Waals surface area contributed by atoms with Crippen molar-refractivity contribution in [2.45, 2.75) is 71.6 Å². The number of carbonyl (C=O) groups is 2. The summed E-state index contributed by atoms with van der Waals surface area (Å²) in [5.41, 5.74) is 1.03. The van der Waals surface area contributed by atoms with Crippen molar-refractivity contribution in [2.75, 3.05) is 0 Å². The third kappa shape index (κ3) is 5.22. The van der Waals surface area contributed by atoms with Crippen LogP contribution in [0, 0.1) is 29.1 Å². The number of fused-ring (bicyclic) bond motifs is 1. The molecule has 34 heavy (non-hydrogen) atoms. The number of hydrogen-bond donors (Lipinski definition) is 3. The van der Waals surface area contributed by atoms with Gasteiger partial charge in [0, 0.05) is 12.0 Å². The number of hydrogen-bond acceptors (Lipinski definition) is 4. The first-order valence-electron chi connectivity index (χ1n) is 12.6. The Morgan fingerprint density at radius 3 is 2.59 bits per heavy atom. The summed E-state index contributed by atoms with van der Waals surface area (Å²) in [6, 6.07) is 13.4. The van der Waals surface area contributed by atoms with E-state index in [0.717, 1.165) is 31.2 Å². The molecular weight excluding hydrogens is 428 g/mol. The summed E-state index contributed by atoms with van der Waals surface area (Å²) < 4.78 is 5.31. The van der Waals surface area contributed by atoms with E-state index in [4.69, 9.17) is 4.42 Å². The molecule has 2 saturated carbocycles. The Kier molecular flexibility index (Phi) is 7.46. The van der Waals surface area contributed by atoms with E-state index in [2.05, 4.69) is 24.5 Å². The van der Waals surface area contributed by atoms with Gasteiger partial charge in [-0.25, -0.2) is 0 Å². The summed E-state index contributed by atoms with van der Waals surface area (Å²) >= 11 is 0. The Morgan fingerprint density at radius 2 is 1.88 bits per heavy atom. The monoisotopic (exact) mass is 466 g/mol. The van der Waals surface area contributed by atoms with Gasteiger partial charge in [0.25, 0.3) is 0 Å². The fourth-order valence-corrected chi connectivity index (χ4v) is 6.48. The molecule has 0 bridgehead atoms. The number of aliphatic hydroxyl groups is 1. The quantitative estimate of drug-likeness (QED) is 0.573. The maximum absolute atomic E-state index is 12.9. The van der Waals surface area contributed by atoms with Crippen LogP contribution in [0.2, 0.25) is 0 Å². The normalized spacial score (nSPS) is 31.8. The van der Waals surface area contributed by atoms with E-state index in [0.29, 0.717) is 18.7 Å². The van der Waals surface area contributed by atoms with Crippen molar-refractivity contribution >= 4 is 11.8 Å². The molecule has 7 unspecified atom stereocenters. The zero-order valence-corrected chi connectivity index (χ0v) is 20.5. The predicted octanol–water partition coefficient (Wildman–Crippen LogP) is 4.08. The third-order valence-corrected chi connectivity index (χ3v) is 8.51. The number of aliphatic hydroxyl groups excluding tert-OH is 1. The van der Waals surface area contributed by atoms with Gasteiger partial charge in [-0.1, -0.05) is 51.1 Å². The van der Waals surface area contributed by atoms with Gasteiger partial charge in [-0.15, -0.1) is 0 Å². The third-order valence-electron chi connectivity index (χ3n) is 8.51. The Morgan fingerprint density at radius 1 is 1.15 bits per heavy atom. The molecule has 6 nitrogen and oxygen atoms in total. The molecule has 7 atom stereocenters. The Hall–Kier alpha value is -2.60. The van der Waals surface area contributed by atoms with Crippen LogP contribution in [-0.4, -0.2) is 29.1 Å². The standard InChI is InChI=1S/C28H38N2O4/c1-18(27(33)29-17-21-10-7-15-34-21)22-11-13-28(3)14-12-23(19(2)25(28)26(22)32)30-24(31)16-20-8-5-4-6-9-20/h4-10,15,18-19,22-23,25-26,32H,11-14,16-17H2,1-3H3,(H,29,33)(H,30,31). The fourth-order valence-electron chi connectivity index (χ4n) is 6.48. The van der Waals surface area contributed by atoms with Crippen LogP contribution in [0.3, 0.4) is 0 Å². The first kappa shape index (κ1) is 24.5. The molecule has 1 heterocycles. The smallest absolute Gasteiger partial charge is 0.224 e. The molecule has 1 aromatic carbocycles. The van der Waals surface area contributed by atoms with Crippen molar-refractivity contribution in [1.29, 1.82) is 0 Å². The predicted molar refractivity (Wildman–Crippen MR) is 131 cm³/mol. The van der Waals surface area contributed by atoms with Crippen LogP contribution in [0.4, 0.5) is 0 Å². The Balaban J connectivity index is 1.39. The van der Waals surface area contributed by atoms with Gasteiger partial charge in [0.15, 0.2) is 0 Å². The molecule has 0 radical (unpaired) electrons. The molecule has 0 aliphatic heterocycles. The summed E-state index contributed by atoms with van der Waals surface area (Å²) in [6.45, 7) is 6.70. The lowest BCUT2D eigenvalue weighted by atomic mass is 9.51. The minimum absolute atomic E-state index is 0.0270. The molecule has 4 rings (SSSR count). The number of rotatable bonds is 7. The molecule has 1 aromatic heterocycles. The second kappa shape index (κ2) is 10.3. The molecule has 2 fully saturated rings. The average Bonchev–Trinajstić information content (AvgIpc) is 3.33. The van der Waals surface area contributed by atoms with Crippen LogP contribution < -0.4 is 10.6 Å². The van der Waals surface area contributed by atoms with Crippen molar-refractivity contribution in [1.82, 2.24) is 10.6 Å². The lowest BCUT2D eigenvalue weighted by Crippen LogP contribution is -2.58. The number of benzene rings is 1. The highest BCUT2D eigenvalue weighted by atomic mass is 16.3. The highest BCUT2D eigenvalue weighted by Crippen LogP contribution is 2.55. The number of amides is 2. The molecule has 2 aliphatic carbocycles. The number of furan rings is 1. The SMILES string of the molecule is CC(C(=O)NCc1ccco1)C1CCC2(C)CCC(NC(=O)Cc3ccccc3)C(C)C2C1O. The first-order valence-corrected chi connectivity index (χ1v) is 12.6.